The molecule has 1 aliphatic rings. The second-order valence-electron chi connectivity index (χ2n) is 5.24. The van der Waals surface area contributed by atoms with Gasteiger partial charge >= 0.3 is 0 Å². The Morgan fingerprint density at radius 3 is 2.81 bits per heavy atom. The van der Waals surface area contributed by atoms with Crippen LogP contribution in [0.2, 0.25) is 0 Å². The molecule has 1 atom stereocenters. The molecule has 4 rings (SSSR count). The van der Waals surface area contributed by atoms with E-state index in [0.29, 0.717) is 5.56 Å². The van der Waals surface area contributed by atoms with Crippen molar-refractivity contribution in [2.75, 3.05) is 5.32 Å². The summed E-state index contributed by atoms with van der Waals surface area (Å²) in [6.07, 6.45) is -0.178. The summed E-state index contributed by atoms with van der Waals surface area (Å²) in [5.41, 5.74) is 3.86. The number of para-hydroxylation sites is 1. The molecule has 3 nitrogen and oxygen atoms in total. The van der Waals surface area contributed by atoms with E-state index in [1.807, 2.05) is 37.3 Å². The van der Waals surface area contributed by atoms with E-state index in [9.17, 15) is 4.79 Å². The quantitative estimate of drug-likeness (QED) is 0.710. The highest BCUT2D eigenvalue weighted by Crippen LogP contribution is 2.34. The summed E-state index contributed by atoms with van der Waals surface area (Å²) in [5, 5.41) is 9.82. The van der Waals surface area contributed by atoms with Crippen LogP contribution in [0.4, 0.5) is 5.69 Å². The number of carbonyl (C=O) groups excluding carboxylic acids is 1. The maximum Gasteiger partial charge on any atom is 0.255 e. The minimum absolute atomic E-state index is 0.0206. The predicted molar refractivity (Wildman–Crippen MR) is 86.8 cm³/mol. The van der Waals surface area contributed by atoms with Gasteiger partial charge in [-0.2, -0.15) is 0 Å². The molecule has 21 heavy (non-hydrogen) atoms. The van der Waals surface area contributed by atoms with E-state index in [-0.39, 0.29) is 12.1 Å². The summed E-state index contributed by atoms with van der Waals surface area (Å²) in [6.45, 7) is 2.02. The molecule has 0 bridgehead atoms. The van der Waals surface area contributed by atoms with Crippen molar-refractivity contribution < 1.29 is 4.79 Å². The van der Waals surface area contributed by atoms with Crippen LogP contribution in [0.1, 0.15) is 27.7 Å². The zero-order chi connectivity index (χ0) is 14.4. The van der Waals surface area contributed by atoms with Crippen molar-refractivity contribution in [3.8, 4) is 0 Å². The molecule has 1 aromatic heterocycles. The first kappa shape index (κ1) is 12.4. The molecule has 0 saturated carbocycles. The van der Waals surface area contributed by atoms with Gasteiger partial charge in [0.2, 0.25) is 0 Å². The molecule has 3 aromatic rings. The molecule has 0 spiro atoms. The maximum absolute atomic E-state index is 12.3. The largest absolute Gasteiger partial charge is 0.361 e. The van der Waals surface area contributed by atoms with Crippen LogP contribution in [0.25, 0.3) is 10.1 Å². The Kier molecular flexibility index (Phi) is 2.72. The zero-order valence-corrected chi connectivity index (χ0v) is 12.3. The highest BCUT2D eigenvalue weighted by Gasteiger charge is 2.26. The van der Waals surface area contributed by atoms with Crippen LogP contribution in [0.15, 0.2) is 47.8 Å². The molecule has 2 aromatic carbocycles. The molecule has 0 aliphatic carbocycles. The van der Waals surface area contributed by atoms with Crippen molar-refractivity contribution in [1.82, 2.24) is 5.32 Å². The maximum atomic E-state index is 12.3. The third-order valence-electron chi connectivity index (χ3n) is 3.90. The first-order valence-corrected chi connectivity index (χ1v) is 7.75. The second-order valence-corrected chi connectivity index (χ2v) is 6.15. The number of rotatable bonds is 1. The lowest BCUT2D eigenvalue weighted by molar-refractivity contribution is 0.0936. The number of hydrogen-bond acceptors (Lipinski definition) is 3. The summed E-state index contributed by atoms with van der Waals surface area (Å²) in [6, 6.07) is 14.1. The number of benzene rings is 2. The van der Waals surface area contributed by atoms with E-state index in [0.717, 1.165) is 16.8 Å². The molecule has 4 heteroatoms. The SMILES string of the molecule is Cc1cccc2c1N[C@H](c1csc3ccccc13)NC2=O. The third kappa shape index (κ3) is 1.91. The molecule has 2 heterocycles. The lowest BCUT2D eigenvalue weighted by Gasteiger charge is -2.29. The summed E-state index contributed by atoms with van der Waals surface area (Å²) in [5.74, 6) is -0.0206. The molecular formula is C17H14N2OS. The van der Waals surface area contributed by atoms with Gasteiger partial charge in [-0.15, -0.1) is 11.3 Å². The van der Waals surface area contributed by atoms with Crippen molar-refractivity contribution in [3.63, 3.8) is 0 Å². The lowest BCUT2D eigenvalue weighted by atomic mass is 10.0. The van der Waals surface area contributed by atoms with Gasteiger partial charge < -0.3 is 10.6 Å². The molecule has 0 fully saturated rings. The van der Waals surface area contributed by atoms with Crippen molar-refractivity contribution in [2.45, 2.75) is 13.1 Å². The fourth-order valence-electron chi connectivity index (χ4n) is 2.82. The normalized spacial score (nSPS) is 17.2. The van der Waals surface area contributed by atoms with Gasteiger partial charge in [0.05, 0.1) is 11.3 Å². The van der Waals surface area contributed by atoms with E-state index in [2.05, 4.69) is 28.1 Å². The Hall–Kier alpha value is -2.33. The van der Waals surface area contributed by atoms with E-state index in [1.54, 1.807) is 11.3 Å². The van der Waals surface area contributed by atoms with E-state index in [1.165, 1.54) is 10.1 Å². The van der Waals surface area contributed by atoms with Gasteiger partial charge in [-0.25, -0.2) is 0 Å². The van der Waals surface area contributed by atoms with Crippen LogP contribution in [0, 0.1) is 6.92 Å². The average Bonchev–Trinajstić information content (AvgIpc) is 2.92. The number of anilines is 1. The van der Waals surface area contributed by atoms with Crippen molar-refractivity contribution in [3.05, 3.63) is 64.5 Å². The Balaban J connectivity index is 1.82. The lowest BCUT2D eigenvalue weighted by Crippen LogP contribution is -2.38. The topological polar surface area (TPSA) is 41.1 Å². The van der Waals surface area contributed by atoms with E-state index in [4.69, 9.17) is 0 Å². The number of aryl methyl sites for hydroxylation is 1. The minimum atomic E-state index is -0.178. The molecule has 1 aliphatic heterocycles. The molecule has 0 saturated heterocycles. The fourth-order valence-corrected chi connectivity index (χ4v) is 3.80. The first-order chi connectivity index (χ1) is 10.2. The first-order valence-electron chi connectivity index (χ1n) is 6.87. The van der Waals surface area contributed by atoms with E-state index >= 15 is 0 Å². The number of fused-ring (bicyclic) bond motifs is 2. The van der Waals surface area contributed by atoms with Gasteiger partial charge in [-0.1, -0.05) is 30.3 Å². The summed E-state index contributed by atoms with van der Waals surface area (Å²) in [7, 11) is 0. The molecule has 104 valence electrons. The molecular weight excluding hydrogens is 280 g/mol. The Morgan fingerprint density at radius 1 is 1.05 bits per heavy atom. The second kappa shape index (κ2) is 4.60. The minimum Gasteiger partial charge on any atom is -0.361 e. The average molecular weight is 294 g/mol. The monoisotopic (exact) mass is 294 g/mol. The number of nitrogens with one attached hydrogen (secondary N) is 2. The van der Waals surface area contributed by atoms with E-state index < -0.39 is 0 Å². The van der Waals surface area contributed by atoms with Gasteiger partial charge in [0.1, 0.15) is 6.17 Å². The van der Waals surface area contributed by atoms with Crippen molar-refractivity contribution >= 4 is 33.0 Å². The molecule has 2 N–H and O–H groups in total. The highest BCUT2D eigenvalue weighted by atomic mass is 32.1. The number of carbonyl (C=O) groups is 1. The molecule has 1 amide bonds. The zero-order valence-electron chi connectivity index (χ0n) is 11.5. The van der Waals surface area contributed by atoms with Gasteiger partial charge in [0.15, 0.2) is 0 Å². The van der Waals surface area contributed by atoms with Gasteiger partial charge in [0, 0.05) is 10.3 Å². The molecule has 0 unspecified atom stereocenters. The molecule has 0 radical (unpaired) electrons. The van der Waals surface area contributed by atoms with Crippen LogP contribution >= 0.6 is 11.3 Å². The number of amides is 1. The summed E-state index contributed by atoms with van der Waals surface area (Å²) < 4.78 is 1.24. The highest BCUT2D eigenvalue weighted by molar-refractivity contribution is 7.17. The predicted octanol–water partition coefficient (Wildman–Crippen LogP) is 4.06. The Morgan fingerprint density at radius 2 is 1.90 bits per heavy atom. The Bertz CT molecular complexity index is 853. The van der Waals surface area contributed by atoms with Crippen LogP contribution in [0.5, 0.6) is 0 Å². The van der Waals surface area contributed by atoms with Gasteiger partial charge in [-0.3, -0.25) is 4.79 Å². The third-order valence-corrected chi connectivity index (χ3v) is 4.89. The van der Waals surface area contributed by atoms with Crippen LogP contribution in [-0.2, 0) is 0 Å². The standard InChI is InChI=1S/C17H14N2OS/c1-10-5-4-7-12-15(10)18-16(19-17(12)20)13-9-21-14-8-3-2-6-11(13)14/h2-9,16,18H,1H3,(H,19,20)/t16-/m0/s1. The fraction of sp³-hybridized carbons (Fsp3) is 0.118. The van der Waals surface area contributed by atoms with Crippen LogP contribution < -0.4 is 10.6 Å². The van der Waals surface area contributed by atoms with Gasteiger partial charge in [0.25, 0.3) is 5.91 Å². The van der Waals surface area contributed by atoms with Crippen molar-refractivity contribution in [2.24, 2.45) is 0 Å². The summed E-state index contributed by atoms with van der Waals surface area (Å²) >= 11 is 1.70. The number of hydrogen-bond donors (Lipinski definition) is 2. The number of thiophene rings is 1. The summed E-state index contributed by atoms with van der Waals surface area (Å²) in [4.78, 5) is 12.3. The Labute approximate surface area is 126 Å². The smallest absolute Gasteiger partial charge is 0.255 e. The van der Waals surface area contributed by atoms with Crippen LogP contribution in [-0.4, -0.2) is 5.91 Å². The van der Waals surface area contributed by atoms with Gasteiger partial charge in [-0.05, 0) is 35.4 Å². The van der Waals surface area contributed by atoms with Crippen LogP contribution in [0.3, 0.4) is 0 Å². The van der Waals surface area contributed by atoms with Crippen molar-refractivity contribution in [1.29, 1.82) is 0 Å².